The van der Waals surface area contributed by atoms with Gasteiger partial charge in [0.1, 0.15) is 5.82 Å². The second-order valence-corrected chi connectivity index (χ2v) is 5.15. The van der Waals surface area contributed by atoms with E-state index in [1.165, 1.54) is 18.2 Å². The Hall–Kier alpha value is -1.56. The van der Waals surface area contributed by atoms with Crippen molar-refractivity contribution < 1.29 is 14.0 Å². The molecule has 4 nitrogen and oxygen atoms in total. The van der Waals surface area contributed by atoms with Gasteiger partial charge in [-0.05, 0) is 31.0 Å². The number of carbonyl (C=O) groups excluding carboxylic acids is 2. The third-order valence-electron chi connectivity index (χ3n) is 3.36. The molecule has 0 aliphatic carbocycles. The van der Waals surface area contributed by atoms with E-state index in [0.717, 1.165) is 0 Å². The molecule has 0 saturated carbocycles. The van der Waals surface area contributed by atoms with E-state index in [1.54, 1.807) is 4.90 Å². The Bertz CT molecular complexity index is 513. The number of halogens is 1. The highest BCUT2D eigenvalue weighted by Crippen LogP contribution is 2.21. The van der Waals surface area contributed by atoms with Gasteiger partial charge in [0, 0.05) is 23.9 Å². The number of amides is 2. The highest BCUT2D eigenvalue weighted by molar-refractivity contribution is 7.80. The molecule has 102 valence electrons. The average molecular weight is 282 g/mol. The van der Waals surface area contributed by atoms with Gasteiger partial charge in [-0.15, -0.1) is 12.6 Å². The second-order valence-electron chi connectivity index (χ2n) is 4.63. The fraction of sp³-hybridized carbons (Fsp3) is 0.385. The van der Waals surface area contributed by atoms with Crippen molar-refractivity contribution in [3.8, 4) is 0 Å². The molecule has 0 bridgehead atoms. The summed E-state index contributed by atoms with van der Waals surface area (Å²) in [4.78, 5) is 25.3. The number of piperidine rings is 1. The van der Waals surface area contributed by atoms with Crippen LogP contribution >= 0.6 is 12.6 Å². The maximum absolute atomic E-state index is 13.6. The summed E-state index contributed by atoms with van der Waals surface area (Å²) in [7, 11) is 0. The van der Waals surface area contributed by atoms with Crippen molar-refractivity contribution in [2.75, 3.05) is 13.1 Å². The summed E-state index contributed by atoms with van der Waals surface area (Å²) in [6.07, 6.45) is 1.06. The third kappa shape index (κ3) is 3.07. The smallest absolute Gasteiger partial charge is 0.256 e. The van der Waals surface area contributed by atoms with Crippen LogP contribution in [0.3, 0.4) is 0 Å². The van der Waals surface area contributed by atoms with Crippen molar-refractivity contribution in [1.29, 1.82) is 0 Å². The number of nitrogens with zero attached hydrogens (tertiary/aromatic N) is 1. The van der Waals surface area contributed by atoms with Gasteiger partial charge in [-0.25, -0.2) is 4.39 Å². The first-order chi connectivity index (χ1) is 8.99. The van der Waals surface area contributed by atoms with Gasteiger partial charge in [-0.2, -0.15) is 0 Å². The summed E-state index contributed by atoms with van der Waals surface area (Å²) < 4.78 is 13.6. The molecule has 0 atom stereocenters. The number of benzene rings is 1. The highest BCUT2D eigenvalue weighted by Gasteiger charge is 2.27. The van der Waals surface area contributed by atoms with Gasteiger partial charge in [0.15, 0.2) is 0 Å². The monoisotopic (exact) mass is 282 g/mol. The normalized spacial score (nSPS) is 16.4. The number of primary amides is 1. The fourth-order valence-electron chi connectivity index (χ4n) is 2.21. The van der Waals surface area contributed by atoms with Crippen LogP contribution < -0.4 is 5.73 Å². The van der Waals surface area contributed by atoms with Crippen LogP contribution in [-0.4, -0.2) is 29.8 Å². The lowest BCUT2D eigenvalue weighted by Crippen LogP contribution is -2.42. The van der Waals surface area contributed by atoms with Gasteiger partial charge in [-0.1, -0.05) is 0 Å². The molecule has 2 rings (SSSR count). The van der Waals surface area contributed by atoms with Gasteiger partial charge < -0.3 is 10.6 Å². The van der Waals surface area contributed by atoms with E-state index < -0.39 is 5.82 Å². The van der Waals surface area contributed by atoms with Crippen molar-refractivity contribution in [3.05, 3.63) is 29.6 Å². The Kier molecular flexibility index (Phi) is 4.09. The molecular weight excluding hydrogens is 267 g/mol. The SMILES string of the molecule is NC(=O)C1CCN(C(=O)c2cc(S)ccc2F)CC1. The molecule has 1 fully saturated rings. The van der Waals surface area contributed by atoms with Gasteiger partial charge in [-0.3, -0.25) is 9.59 Å². The lowest BCUT2D eigenvalue weighted by Gasteiger charge is -2.30. The van der Waals surface area contributed by atoms with Crippen molar-refractivity contribution in [2.24, 2.45) is 11.7 Å². The number of hydrogen-bond donors (Lipinski definition) is 2. The molecule has 1 aromatic rings. The highest BCUT2D eigenvalue weighted by atomic mass is 32.1. The first kappa shape index (κ1) is 13.9. The van der Waals surface area contributed by atoms with E-state index in [9.17, 15) is 14.0 Å². The first-order valence-corrected chi connectivity index (χ1v) is 6.51. The predicted molar refractivity (Wildman–Crippen MR) is 71.5 cm³/mol. The van der Waals surface area contributed by atoms with E-state index in [4.69, 9.17) is 5.73 Å². The van der Waals surface area contributed by atoms with Gasteiger partial charge in [0.2, 0.25) is 5.91 Å². The molecule has 2 N–H and O–H groups in total. The van der Waals surface area contributed by atoms with Gasteiger partial charge in [0.25, 0.3) is 5.91 Å². The van der Waals surface area contributed by atoms with E-state index >= 15 is 0 Å². The number of thiol groups is 1. The van der Waals surface area contributed by atoms with Crippen LogP contribution in [0.2, 0.25) is 0 Å². The van der Waals surface area contributed by atoms with Crippen molar-refractivity contribution >= 4 is 24.4 Å². The molecule has 2 amide bonds. The van der Waals surface area contributed by atoms with E-state index in [1.807, 2.05) is 0 Å². The zero-order valence-electron chi connectivity index (χ0n) is 10.3. The standard InChI is InChI=1S/C13H15FN2O2S/c14-11-2-1-9(19)7-10(11)13(18)16-5-3-8(4-6-16)12(15)17/h1-2,7-8,19H,3-6H2,(H2,15,17). The minimum absolute atomic E-state index is 0.0185. The summed E-state index contributed by atoms with van der Waals surface area (Å²) in [5.74, 6) is -1.45. The topological polar surface area (TPSA) is 63.4 Å². The maximum Gasteiger partial charge on any atom is 0.256 e. The van der Waals surface area contributed by atoms with Crippen LogP contribution in [0.25, 0.3) is 0 Å². The molecule has 19 heavy (non-hydrogen) atoms. The van der Waals surface area contributed by atoms with Crippen LogP contribution in [0.5, 0.6) is 0 Å². The molecule has 1 saturated heterocycles. The summed E-state index contributed by atoms with van der Waals surface area (Å²) in [5, 5.41) is 0. The Balaban J connectivity index is 2.09. The zero-order valence-corrected chi connectivity index (χ0v) is 11.2. The first-order valence-electron chi connectivity index (χ1n) is 6.06. The summed E-state index contributed by atoms with van der Waals surface area (Å²) in [5.41, 5.74) is 5.25. The van der Waals surface area contributed by atoms with Crippen LogP contribution in [0.15, 0.2) is 23.1 Å². The van der Waals surface area contributed by atoms with Crippen LogP contribution in [0.4, 0.5) is 4.39 Å². The maximum atomic E-state index is 13.6. The molecule has 1 aliphatic rings. The fourth-order valence-corrected chi connectivity index (χ4v) is 2.42. The minimum Gasteiger partial charge on any atom is -0.369 e. The number of carbonyl (C=O) groups is 2. The summed E-state index contributed by atoms with van der Waals surface area (Å²) in [6, 6.07) is 4.14. The van der Waals surface area contributed by atoms with Crippen molar-refractivity contribution in [3.63, 3.8) is 0 Å². The van der Waals surface area contributed by atoms with Crippen LogP contribution in [0.1, 0.15) is 23.2 Å². The quantitative estimate of drug-likeness (QED) is 0.806. The number of rotatable bonds is 2. The summed E-state index contributed by atoms with van der Waals surface area (Å²) >= 11 is 4.10. The third-order valence-corrected chi connectivity index (χ3v) is 3.64. The van der Waals surface area contributed by atoms with Crippen LogP contribution in [-0.2, 0) is 4.79 Å². The molecular formula is C13H15FN2O2S. The number of nitrogens with two attached hydrogens (primary N) is 1. The van der Waals surface area contributed by atoms with Gasteiger partial charge >= 0.3 is 0 Å². The largest absolute Gasteiger partial charge is 0.369 e. The molecule has 6 heteroatoms. The molecule has 1 heterocycles. The van der Waals surface area contributed by atoms with Crippen LogP contribution in [0, 0.1) is 11.7 Å². The Labute approximate surface area is 116 Å². The van der Waals surface area contributed by atoms with E-state index in [2.05, 4.69) is 12.6 Å². The Morgan fingerprint density at radius 1 is 1.32 bits per heavy atom. The molecule has 1 aromatic carbocycles. The number of likely N-dealkylation sites (tertiary alicyclic amines) is 1. The summed E-state index contributed by atoms with van der Waals surface area (Å²) in [6.45, 7) is 0.839. The number of hydrogen-bond acceptors (Lipinski definition) is 3. The van der Waals surface area contributed by atoms with E-state index in [-0.39, 0.29) is 23.3 Å². The Morgan fingerprint density at radius 2 is 1.95 bits per heavy atom. The zero-order chi connectivity index (χ0) is 14.0. The predicted octanol–water partition coefficient (Wildman–Crippen LogP) is 1.45. The molecule has 0 radical (unpaired) electrons. The minimum atomic E-state index is -0.556. The second kappa shape index (κ2) is 5.61. The lowest BCUT2D eigenvalue weighted by molar-refractivity contribution is -0.123. The van der Waals surface area contributed by atoms with Crippen molar-refractivity contribution in [1.82, 2.24) is 4.90 Å². The molecule has 0 spiro atoms. The molecule has 0 unspecified atom stereocenters. The lowest BCUT2D eigenvalue weighted by atomic mass is 9.96. The van der Waals surface area contributed by atoms with E-state index in [0.29, 0.717) is 30.8 Å². The molecule has 1 aliphatic heterocycles. The molecule has 0 aromatic heterocycles. The van der Waals surface area contributed by atoms with Gasteiger partial charge in [0.05, 0.1) is 5.56 Å². The Morgan fingerprint density at radius 3 is 2.53 bits per heavy atom. The van der Waals surface area contributed by atoms with Crippen molar-refractivity contribution in [2.45, 2.75) is 17.7 Å². The average Bonchev–Trinajstić information content (AvgIpc) is 2.41.